The Morgan fingerprint density at radius 2 is 1.47 bits per heavy atom. The molecular weight excluding hydrogens is 742 g/mol. The summed E-state index contributed by atoms with van der Waals surface area (Å²) in [5.74, 6) is 0.500. The first kappa shape index (κ1) is 27.0. The Hall–Kier alpha value is -5.59. The van der Waals surface area contributed by atoms with Crippen LogP contribution < -0.4 is 0 Å². The maximum atomic E-state index is 6.29. The van der Waals surface area contributed by atoms with Gasteiger partial charge in [-0.25, -0.2) is 9.36 Å². The van der Waals surface area contributed by atoms with Gasteiger partial charge in [-0.1, -0.05) is 23.1 Å². The van der Waals surface area contributed by atoms with Gasteiger partial charge < -0.3 is 14.0 Å². The van der Waals surface area contributed by atoms with Crippen LogP contribution in [0.2, 0.25) is 0 Å². The van der Waals surface area contributed by atoms with Crippen LogP contribution in [0.15, 0.2) is 132 Å². The van der Waals surface area contributed by atoms with Gasteiger partial charge in [-0.15, -0.1) is 48.0 Å². The number of nitrogens with zero attached hydrogens (tertiary/aromatic N) is 7. The number of rotatable bonds is 5. The molecule has 0 aliphatic heterocycles. The van der Waals surface area contributed by atoms with Crippen molar-refractivity contribution in [3.05, 3.63) is 140 Å². The van der Waals surface area contributed by atoms with Crippen molar-refractivity contribution in [1.82, 2.24) is 34.1 Å². The summed E-state index contributed by atoms with van der Waals surface area (Å²) in [6.07, 6.45) is 9.17. The number of hydrogen-bond acceptors (Lipinski definition) is 5. The van der Waals surface area contributed by atoms with Gasteiger partial charge in [0.15, 0.2) is 0 Å². The van der Waals surface area contributed by atoms with Crippen LogP contribution in [-0.2, 0) is 21.1 Å². The molecule has 0 aliphatic rings. The molecule has 5 heterocycles. The van der Waals surface area contributed by atoms with E-state index < -0.39 is 0 Å². The van der Waals surface area contributed by atoms with Crippen molar-refractivity contribution in [1.29, 1.82) is 0 Å². The monoisotopic (exact) mass is 762 g/mol. The van der Waals surface area contributed by atoms with Gasteiger partial charge in [0.2, 0.25) is 0 Å². The van der Waals surface area contributed by atoms with Crippen molar-refractivity contribution < 1.29 is 25.5 Å². The molecule has 0 saturated heterocycles. The van der Waals surface area contributed by atoms with E-state index in [1.807, 2.05) is 83.8 Å². The molecular formula is C36H21N7OPt. The Bertz CT molecular complexity index is 2440. The molecule has 4 aromatic carbocycles. The zero-order chi connectivity index (χ0) is 29.0. The second kappa shape index (κ2) is 10.8. The van der Waals surface area contributed by atoms with Crippen molar-refractivity contribution in [3.8, 4) is 39.8 Å². The number of oxazole rings is 1. The van der Waals surface area contributed by atoms with Gasteiger partial charge in [-0.2, -0.15) is 10.2 Å². The van der Waals surface area contributed by atoms with Crippen molar-refractivity contribution in [2.75, 3.05) is 0 Å². The second-order valence-corrected chi connectivity index (χ2v) is 10.4. The first-order chi connectivity index (χ1) is 21.8. The van der Waals surface area contributed by atoms with E-state index in [2.05, 4.69) is 62.2 Å². The molecule has 9 aromatic rings. The summed E-state index contributed by atoms with van der Waals surface area (Å²) in [5.41, 5.74) is 8.67. The molecule has 0 N–H and O–H groups in total. The Labute approximate surface area is 271 Å². The van der Waals surface area contributed by atoms with Crippen LogP contribution in [0.5, 0.6) is 0 Å². The summed E-state index contributed by atoms with van der Waals surface area (Å²) in [5, 5.41) is 10.9. The number of benzene rings is 4. The van der Waals surface area contributed by atoms with Gasteiger partial charge in [0.1, 0.15) is 11.5 Å². The van der Waals surface area contributed by atoms with E-state index in [4.69, 9.17) is 9.40 Å². The van der Waals surface area contributed by atoms with Gasteiger partial charge in [0, 0.05) is 42.6 Å². The van der Waals surface area contributed by atoms with E-state index in [0.29, 0.717) is 11.5 Å². The quantitative estimate of drug-likeness (QED) is 0.169. The molecule has 0 fully saturated rings. The molecule has 45 heavy (non-hydrogen) atoms. The molecule has 0 atom stereocenters. The van der Waals surface area contributed by atoms with E-state index in [0.717, 1.165) is 61.2 Å². The van der Waals surface area contributed by atoms with Crippen LogP contribution in [0, 0.1) is 12.1 Å². The maximum absolute atomic E-state index is 6.29. The molecule has 0 bridgehead atoms. The summed E-state index contributed by atoms with van der Waals surface area (Å²) in [6, 6.07) is 39.4. The van der Waals surface area contributed by atoms with Crippen LogP contribution in [0.1, 0.15) is 0 Å². The van der Waals surface area contributed by atoms with Gasteiger partial charge in [0.25, 0.3) is 0 Å². The molecule has 0 aliphatic carbocycles. The maximum Gasteiger partial charge on any atom is 2.00 e. The molecule has 9 heteroatoms. The second-order valence-electron chi connectivity index (χ2n) is 10.4. The van der Waals surface area contributed by atoms with Crippen LogP contribution in [0.4, 0.5) is 0 Å². The predicted molar refractivity (Wildman–Crippen MR) is 169 cm³/mol. The minimum Gasteiger partial charge on any atom is -0.481 e. The van der Waals surface area contributed by atoms with Crippen LogP contribution >= 0.6 is 0 Å². The van der Waals surface area contributed by atoms with E-state index in [9.17, 15) is 0 Å². The zero-order valence-electron chi connectivity index (χ0n) is 23.5. The van der Waals surface area contributed by atoms with Crippen LogP contribution in [0.3, 0.4) is 0 Å². The fourth-order valence-corrected chi connectivity index (χ4v) is 5.72. The third kappa shape index (κ3) is 4.58. The number of hydrogen-bond donors (Lipinski definition) is 0. The largest absolute Gasteiger partial charge is 2.00 e. The number of fused-ring (bicyclic) bond motifs is 4. The van der Waals surface area contributed by atoms with Crippen molar-refractivity contribution in [2.24, 2.45) is 0 Å². The number of aromatic nitrogens is 7. The van der Waals surface area contributed by atoms with Crippen molar-refractivity contribution in [2.45, 2.75) is 0 Å². The van der Waals surface area contributed by atoms with E-state index in [1.165, 1.54) is 0 Å². The van der Waals surface area contributed by atoms with Crippen molar-refractivity contribution >= 4 is 32.9 Å². The summed E-state index contributed by atoms with van der Waals surface area (Å²) in [7, 11) is 0. The normalized spacial score (nSPS) is 11.4. The molecule has 0 radical (unpaired) electrons. The third-order valence-corrected chi connectivity index (χ3v) is 7.76. The van der Waals surface area contributed by atoms with Gasteiger partial charge in [-0.05, 0) is 70.8 Å². The average Bonchev–Trinajstić information content (AvgIpc) is 3.90. The Kier molecular flexibility index (Phi) is 6.50. The van der Waals surface area contributed by atoms with Crippen LogP contribution in [0.25, 0.3) is 72.7 Å². The summed E-state index contributed by atoms with van der Waals surface area (Å²) >= 11 is 0. The molecule has 0 spiro atoms. The van der Waals surface area contributed by atoms with Crippen LogP contribution in [-0.4, -0.2) is 34.1 Å². The smallest absolute Gasteiger partial charge is 0.481 e. The molecule has 0 unspecified atom stereocenters. The minimum atomic E-state index is 0. The molecule has 9 rings (SSSR count). The van der Waals surface area contributed by atoms with Gasteiger partial charge in [0.05, 0.1) is 16.9 Å². The summed E-state index contributed by atoms with van der Waals surface area (Å²) in [4.78, 5) is 9.35. The first-order valence-corrected chi connectivity index (χ1v) is 14.1. The van der Waals surface area contributed by atoms with E-state index in [1.54, 1.807) is 23.3 Å². The Balaban J connectivity index is 0.00000300. The fourth-order valence-electron chi connectivity index (χ4n) is 5.72. The number of pyridine rings is 1. The Morgan fingerprint density at radius 1 is 0.644 bits per heavy atom. The molecule has 8 nitrogen and oxygen atoms in total. The standard InChI is InChI=1S/C36H21N7O.Pt/c1-2-15-37-31(8-1)24-6-3-7-28(20-24)43-33-14-11-26(41-18-4-16-38-41)22-30(33)29-12-9-25(21-34(29)43)36-40-32-13-10-27(23-35(32)44-36)42-19-5-17-39-42;/h1-19,22-23H;/q-2;+2. The predicted octanol–water partition coefficient (Wildman–Crippen LogP) is 7.62. The van der Waals surface area contributed by atoms with E-state index in [-0.39, 0.29) is 21.1 Å². The Morgan fingerprint density at radius 3 is 2.24 bits per heavy atom. The summed E-state index contributed by atoms with van der Waals surface area (Å²) < 4.78 is 12.1. The van der Waals surface area contributed by atoms with Gasteiger partial charge >= 0.3 is 21.1 Å². The average molecular weight is 763 g/mol. The first-order valence-electron chi connectivity index (χ1n) is 14.1. The SMILES string of the molecule is [Pt+2].[c-]1c(-c2ccccn2)cccc1-n1c2[c-]c(-c3nc4ccc(-n5cccn5)cc4o3)ccc2c2cc(-n3cccn3)ccc21. The summed E-state index contributed by atoms with van der Waals surface area (Å²) in [6.45, 7) is 0. The molecule has 5 aromatic heterocycles. The third-order valence-electron chi connectivity index (χ3n) is 7.76. The molecule has 0 amide bonds. The van der Waals surface area contributed by atoms with E-state index >= 15 is 0 Å². The topological polar surface area (TPSA) is 79.5 Å². The molecule has 0 saturated carbocycles. The minimum absolute atomic E-state index is 0. The molecule has 216 valence electrons. The van der Waals surface area contributed by atoms with Gasteiger partial charge in [-0.3, -0.25) is 4.98 Å². The van der Waals surface area contributed by atoms with Crippen molar-refractivity contribution in [3.63, 3.8) is 0 Å². The fraction of sp³-hybridized carbons (Fsp3) is 0. The zero-order valence-corrected chi connectivity index (χ0v) is 25.8.